The van der Waals surface area contributed by atoms with Gasteiger partial charge in [-0.25, -0.2) is 4.79 Å². The molecule has 0 saturated carbocycles. The van der Waals surface area contributed by atoms with E-state index in [1.165, 1.54) is 0 Å². The summed E-state index contributed by atoms with van der Waals surface area (Å²) in [6, 6.07) is 0. The number of nitrogens with zero attached hydrogens (tertiary/aromatic N) is 1. The van der Waals surface area contributed by atoms with Crippen LogP contribution in [0.3, 0.4) is 0 Å². The van der Waals surface area contributed by atoms with E-state index in [-0.39, 0.29) is 23.8 Å². The molecular weight excluding hydrogens is 310 g/mol. The molecule has 1 N–H and O–H groups in total. The fourth-order valence-corrected chi connectivity index (χ4v) is 3.68. The quantitative estimate of drug-likeness (QED) is 0.774. The Bertz CT molecular complexity index is 412. The Kier molecular flexibility index (Phi) is 6.32. The lowest BCUT2D eigenvalue weighted by atomic mass is 10.1. The lowest BCUT2D eigenvalue weighted by Gasteiger charge is -2.40. The van der Waals surface area contributed by atoms with Crippen LogP contribution in [-0.4, -0.2) is 55.3 Å². The molecule has 1 rings (SSSR count). The van der Waals surface area contributed by atoms with E-state index in [0.717, 1.165) is 12.8 Å². The van der Waals surface area contributed by atoms with Crippen molar-refractivity contribution in [1.29, 1.82) is 0 Å². The summed E-state index contributed by atoms with van der Waals surface area (Å²) < 4.78 is 11.8. The second-order valence-electron chi connectivity index (χ2n) is 9.05. The zero-order chi connectivity index (χ0) is 18.1. The smallest absolute Gasteiger partial charge is 0.410 e. The van der Waals surface area contributed by atoms with E-state index in [4.69, 9.17) is 9.16 Å². The molecule has 0 radical (unpaired) electrons. The first-order valence-corrected chi connectivity index (χ1v) is 11.5. The van der Waals surface area contributed by atoms with Crippen molar-refractivity contribution in [3.8, 4) is 0 Å². The molecule has 0 unspecified atom stereocenters. The van der Waals surface area contributed by atoms with Gasteiger partial charge in [-0.15, -0.1) is 0 Å². The number of carbonyl (C=O) groups excluding carboxylic acids is 1. The van der Waals surface area contributed by atoms with Crippen molar-refractivity contribution < 1.29 is 19.1 Å². The summed E-state index contributed by atoms with van der Waals surface area (Å²) in [5.41, 5.74) is -0.522. The molecule has 0 aromatic heterocycles. The van der Waals surface area contributed by atoms with Gasteiger partial charge in [-0.1, -0.05) is 20.8 Å². The first-order chi connectivity index (χ1) is 10.2. The number of hydrogen-bond acceptors (Lipinski definition) is 4. The second kappa shape index (κ2) is 7.11. The molecule has 2 atom stereocenters. The summed E-state index contributed by atoms with van der Waals surface area (Å²) in [6.07, 6.45) is 0.356. The topological polar surface area (TPSA) is 59.0 Å². The van der Waals surface area contributed by atoms with Crippen molar-refractivity contribution in [3.63, 3.8) is 0 Å². The van der Waals surface area contributed by atoms with Crippen LogP contribution in [0.15, 0.2) is 0 Å². The Morgan fingerprint density at radius 3 is 2.22 bits per heavy atom. The van der Waals surface area contributed by atoms with Gasteiger partial charge >= 0.3 is 6.09 Å². The summed E-state index contributed by atoms with van der Waals surface area (Å²) in [4.78, 5) is 13.8. The van der Waals surface area contributed by atoms with Crippen LogP contribution in [0.5, 0.6) is 0 Å². The Balaban J connectivity index is 2.72. The van der Waals surface area contributed by atoms with Crippen LogP contribution in [0.4, 0.5) is 4.79 Å². The first kappa shape index (κ1) is 20.5. The highest BCUT2D eigenvalue weighted by Crippen LogP contribution is 2.38. The van der Waals surface area contributed by atoms with Gasteiger partial charge in [-0.05, 0) is 51.7 Å². The molecule has 5 nitrogen and oxygen atoms in total. The third-order valence-electron chi connectivity index (χ3n) is 4.66. The van der Waals surface area contributed by atoms with E-state index in [0.29, 0.717) is 6.54 Å². The second-order valence-corrected chi connectivity index (χ2v) is 13.8. The molecule has 136 valence electrons. The highest BCUT2D eigenvalue weighted by Gasteiger charge is 2.41. The number of ether oxygens (including phenoxy) is 1. The summed E-state index contributed by atoms with van der Waals surface area (Å²) in [6.45, 7) is 17.4. The average Bonchev–Trinajstić information content (AvgIpc) is 2.48. The zero-order valence-corrected chi connectivity index (χ0v) is 17.1. The third kappa shape index (κ3) is 6.08. The largest absolute Gasteiger partial charge is 0.444 e. The Labute approximate surface area is 142 Å². The maximum Gasteiger partial charge on any atom is 0.410 e. The van der Waals surface area contributed by atoms with Crippen molar-refractivity contribution in [2.75, 3.05) is 13.1 Å². The Hall–Kier alpha value is -0.593. The van der Waals surface area contributed by atoms with Gasteiger partial charge in [0.05, 0.1) is 18.8 Å². The molecule has 1 amide bonds. The minimum atomic E-state index is -1.94. The molecule has 1 saturated heterocycles. The lowest BCUT2D eigenvalue weighted by Crippen LogP contribution is -2.49. The van der Waals surface area contributed by atoms with Gasteiger partial charge in [-0.3, -0.25) is 0 Å². The molecule has 0 aliphatic carbocycles. The maximum atomic E-state index is 12.2. The standard InChI is InChI=1S/C17H35NO4Si/c1-16(2,3)21-15(20)18-11-9-10-14(13(19)12-18)22-23(7,8)17(4,5)6/h13-14,19H,9-12H2,1-8H3/t13-,14-/m1/s1. The molecule has 0 aromatic rings. The van der Waals surface area contributed by atoms with Gasteiger partial charge in [0, 0.05) is 6.54 Å². The van der Waals surface area contributed by atoms with Gasteiger partial charge < -0.3 is 19.2 Å². The molecule has 1 heterocycles. The van der Waals surface area contributed by atoms with Crippen LogP contribution in [-0.2, 0) is 9.16 Å². The minimum absolute atomic E-state index is 0.101. The summed E-state index contributed by atoms with van der Waals surface area (Å²) in [7, 11) is -1.94. The molecule has 1 aliphatic rings. The highest BCUT2D eigenvalue weighted by molar-refractivity contribution is 6.74. The van der Waals surface area contributed by atoms with E-state index in [1.54, 1.807) is 4.90 Å². The monoisotopic (exact) mass is 345 g/mol. The van der Waals surface area contributed by atoms with Gasteiger partial charge in [0.1, 0.15) is 5.60 Å². The number of carbonyl (C=O) groups is 1. The predicted molar refractivity (Wildman–Crippen MR) is 95.1 cm³/mol. The van der Waals surface area contributed by atoms with Crippen LogP contribution < -0.4 is 0 Å². The van der Waals surface area contributed by atoms with Crippen molar-refractivity contribution in [3.05, 3.63) is 0 Å². The number of aliphatic hydroxyl groups excluding tert-OH is 1. The zero-order valence-electron chi connectivity index (χ0n) is 16.1. The molecule has 0 bridgehead atoms. The van der Waals surface area contributed by atoms with E-state index in [2.05, 4.69) is 33.9 Å². The van der Waals surface area contributed by atoms with Crippen LogP contribution in [0.25, 0.3) is 0 Å². The van der Waals surface area contributed by atoms with Crippen molar-refractivity contribution in [2.24, 2.45) is 0 Å². The molecule has 1 aliphatic heterocycles. The van der Waals surface area contributed by atoms with Crippen LogP contribution in [0.2, 0.25) is 18.1 Å². The van der Waals surface area contributed by atoms with Crippen molar-refractivity contribution >= 4 is 14.4 Å². The third-order valence-corrected chi connectivity index (χ3v) is 9.16. The number of likely N-dealkylation sites (tertiary alicyclic amines) is 1. The first-order valence-electron chi connectivity index (χ1n) is 8.57. The van der Waals surface area contributed by atoms with E-state index in [1.807, 2.05) is 20.8 Å². The predicted octanol–water partition coefficient (Wildman–Crippen LogP) is 3.77. The molecule has 1 fully saturated rings. The molecule has 0 aromatic carbocycles. The normalized spacial score (nSPS) is 24.3. The van der Waals surface area contributed by atoms with Crippen molar-refractivity contribution in [2.45, 2.75) is 90.3 Å². The van der Waals surface area contributed by atoms with E-state index >= 15 is 0 Å². The van der Waals surface area contributed by atoms with Gasteiger partial charge in [0.2, 0.25) is 0 Å². The Morgan fingerprint density at radius 2 is 1.74 bits per heavy atom. The molecule has 23 heavy (non-hydrogen) atoms. The maximum absolute atomic E-state index is 12.2. The fraction of sp³-hybridized carbons (Fsp3) is 0.941. The molecule has 0 spiro atoms. The van der Waals surface area contributed by atoms with E-state index in [9.17, 15) is 9.90 Å². The Morgan fingerprint density at radius 1 is 1.17 bits per heavy atom. The van der Waals surface area contributed by atoms with Crippen LogP contribution >= 0.6 is 0 Å². The van der Waals surface area contributed by atoms with Crippen molar-refractivity contribution in [1.82, 2.24) is 4.90 Å². The van der Waals surface area contributed by atoms with Crippen LogP contribution in [0.1, 0.15) is 54.4 Å². The average molecular weight is 346 g/mol. The van der Waals surface area contributed by atoms with Gasteiger partial charge in [0.15, 0.2) is 8.32 Å². The fourth-order valence-electron chi connectivity index (χ4n) is 2.30. The highest BCUT2D eigenvalue weighted by atomic mass is 28.4. The minimum Gasteiger partial charge on any atom is -0.444 e. The number of hydrogen-bond donors (Lipinski definition) is 1. The molecular formula is C17H35NO4Si. The van der Waals surface area contributed by atoms with Crippen LogP contribution in [0, 0.1) is 0 Å². The summed E-state index contributed by atoms with van der Waals surface area (Å²) in [5, 5.41) is 10.6. The SMILES string of the molecule is CC(C)(C)OC(=O)N1CCC[C@@H](O[Si](C)(C)C(C)(C)C)[C@H](O)C1. The number of rotatable bonds is 2. The van der Waals surface area contributed by atoms with Gasteiger partial charge in [0.25, 0.3) is 0 Å². The molecule has 6 heteroatoms. The lowest BCUT2D eigenvalue weighted by molar-refractivity contribution is -0.00217. The summed E-state index contributed by atoms with van der Waals surface area (Å²) in [5.74, 6) is 0. The number of aliphatic hydroxyl groups is 1. The number of β-amino-alcohol motifs (C(OH)–C–C–N with tert-alkyl or cyclic N) is 1. The summed E-state index contributed by atoms with van der Waals surface area (Å²) >= 11 is 0. The number of amides is 1. The van der Waals surface area contributed by atoms with E-state index < -0.39 is 20.0 Å². The van der Waals surface area contributed by atoms with Gasteiger partial charge in [-0.2, -0.15) is 0 Å².